The first-order valence-electron chi connectivity index (χ1n) is 8.87. The van der Waals surface area contributed by atoms with Crippen LogP contribution >= 0.6 is 11.6 Å². The second-order valence-electron chi connectivity index (χ2n) is 6.65. The summed E-state index contributed by atoms with van der Waals surface area (Å²) in [6.07, 6.45) is 3.02. The number of carbonyl (C=O) groups excluding carboxylic acids is 1. The van der Waals surface area contributed by atoms with Crippen molar-refractivity contribution in [2.45, 2.75) is 17.2 Å². The smallest absolute Gasteiger partial charge is 0.212 e. The summed E-state index contributed by atoms with van der Waals surface area (Å²) in [5.74, 6) is -0.240. The zero-order chi connectivity index (χ0) is 21.0. The van der Waals surface area contributed by atoms with E-state index in [2.05, 4.69) is 4.98 Å². The molecule has 0 aliphatic heterocycles. The third-order valence-electron chi connectivity index (χ3n) is 4.62. The number of rotatable bonds is 7. The Morgan fingerprint density at radius 3 is 2.31 bits per heavy atom. The highest BCUT2D eigenvalue weighted by molar-refractivity contribution is 7.90. The van der Waals surface area contributed by atoms with Crippen molar-refractivity contribution in [3.8, 4) is 5.88 Å². The third-order valence-corrected chi connectivity index (χ3v) is 6.09. The van der Waals surface area contributed by atoms with E-state index in [1.165, 1.54) is 13.3 Å². The van der Waals surface area contributed by atoms with Gasteiger partial charge in [0, 0.05) is 29.1 Å². The average Bonchev–Trinajstić information content (AvgIpc) is 2.72. The van der Waals surface area contributed by atoms with Crippen LogP contribution in [-0.4, -0.2) is 32.6 Å². The highest BCUT2D eigenvalue weighted by Gasteiger charge is 2.25. The van der Waals surface area contributed by atoms with Crippen molar-refractivity contribution >= 4 is 27.2 Å². The minimum atomic E-state index is -3.28. The van der Waals surface area contributed by atoms with Gasteiger partial charge in [-0.2, -0.15) is 0 Å². The zero-order valence-electron chi connectivity index (χ0n) is 16.0. The quantitative estimate of drug-likeness (QED) is 0.522. The number of halogens is 1. The normalized spacial score (nSPS) is 12.4. The Hall–Kier alpha value is -2.70. The molecule has 1 heterocycles. The van der Waals surface area contributed by atoms with E-state index in [4.69, 9.17) is 16.3 Å². The molecule has 7 heteroatoms. The number of sulfone groups is 1. The van der Waals surface area contributed by atoms with Gasteiger partial charge in [-0.1, -0.05) is 41.9 Å². The molecule has 0 N–H and O–H groups in total. The molecule has 0 bridgehead atoms. The summed E-state index contributed by atoms with van der Waals surface area (Å²) in [6.45, 7) is 0. The first kappa shape index (κ1) is 21.0. The minimum Gasteiger partial charge on any atom is -0.481 e. The Kier molecular flexibility index (Phi) is 6.35. The minimum absolute atomic E-state index is 0.125. The number of hydrogen-bond donors (Lipinski definition) is 0. The number of carbonyl (C=O) groups is 1. The van der Waals surface area contributed by atoms with E-state index >= 15 is 0 Å². The molecule has 150 valence electrons. The molecule has 0 saturated heterocycles. The number of Topliss-reactive ketones (excluding diaryl/α,β-unsaturated/α-hetero) is 1. The molecule has 0 amide bonds. The van der Waals surface area contributed by atoms with Crippen LogP contribution in [0.3, 0.4) is 0 Å². The highest BCUT2D eigenvalue weighted by Crippen LogP contribution is 2.31. The molecular weight excluding hydrogens is 410 g/mol. The average molecular weight is 430 g/mol. The van der Waals surface area contributed by atoms with Crippen LogP contribution in [0, 0.1) is 0 Å². The van der Waals surface area contributed by atoms with Crippen LogP contribution in [0.15, 0.2) is 71.8 Å². The molecule has 1 atom stereocenters. The fourth-order valence-corrected chi connectivity index (χ4v) is 3.96. The van der Waals surface area contributed by atoms with Crippen molar-refractivity contribution in [3.63, 3.8) is 0 Å². The Balaban J connectivity index is 1.97. The summed E-state index contributed by atoms with van der Waals surface area (Å²) in [4.78, 5) is 17.6. The molecule has 0 aliphatic carbocycles. The fraction of sp³-hybridized carbons (Fsp3) is 0.182. The van der Waals surface area contributed by atoms with Crippen LogP contribution < -0.4 is 4.74 Å². The zero-order valence-corrected chi connectivity index (χ0v) is 17.6. The molecule has 0 radical (unpaired) electrons. The summed E-state index contributed by atoms with van der Waals surface area (Å²) in [5, 5.41) is 0.500. The van der Waals surface area contributed by atoms with Gasteiger partial charge in [-0.05, 0) is 41.8 Å². The van der Waals surface area contributed by atoms with E-state index in [-0.39, 0.29) is 10.7 Å². The molecule has 3 rings (SSSR count). The van der Waals surface area contributed by atoms with Gasteiger partial charge in [0.25, 0.3) is 0 Å². The predicted molar refractivity (Wildman–Crippen MR) is 113 cm³/mol. The molecular formula is C22H20ClNO4S. The van der Waals surface area contributed by atoms with Crippen molar-refractivity contribution < 1.29 is 17.9 Å². The maximum absolute atomic E-state index is 13.3. The number of hydrogen-bond acceptors (Lipinski definition) is 5. The lowest BCUT2D eigenvalue weighted by Crippen LogP contribution is -2.16. The Morgan fingerprint density at radius 2 is 1.76 bits per heavy atom. The van der Waals surface area contributed by atoms with Gasteiger partial charge < -0.3 is 4.74 Å². The summed E-state index contributed by atoms with van der Waals surface area (Å²) in [5.41, 5.74) is 1.99. The molecule has 0 spiro atoms. The lowest BCUT2D eigenvalue weighted by molar-refractivity contribution is 0.0958. The molecule has 0 aliphatic rings. The van der Waals surface area contributed by atoms with Crippen molar-refractivity contribution in [2.75, 3.05) is 13.4 Å². The van der Waals surface area contributed by atoms with E-state index in [0.717, 1.165) is 11.8 Å². The first-order valence-corrected chi connectivity index (χ1v) is 11.1. The van der Waals surface area contributed by atoms with E-state index in [0.29, 0.717) is 28.5 Å². The Morgan fingerprint density at radius 1 is 1.07 bits per heavy atom. The number of nitrogens with zero attached hydrogens (tertiary/aromatic N) is 1. The largest absolute Gasteiger partial charge is 0.481 e. The van der Waals surface area contributed by atoms with Gasteiger partial charge in [0.1, 0.15) is 0 Å². The number of pyridine rings is 1. The van der Waals surface area contributed by atoms with Crippen molar-refractivity contribution in [2.24, 2.45) is 0 Å². The Bertz CT molecular complexity index is 1110. The molecule has 0 saturated carbocycles. The van der Waals surface area contributed by atoms with Gasteiger partial charge in [0.2, 0.25) is 5.88 Å². The second-order valence-corrected chi connectivity index (χ2v) is 9.07. The van der Waals surface area contributed by atoms with Gasteiger partial charge in [-0.25, -0.2) is 13.4 Å². The van der Waals surface area contributed by atoms with E-state index < -0.39 is 15.8 Å². The molecule has 3 aromatic rings. The van der Waals surface area contributed by atoms with Gasteiger partial charge in [0.05, 0.1) is 17.9 Å². The molecule has 0 fully saturated rings. The van der Waals surface area contributed by atoms with Crippen LogP contribution in [0.25, 0.3) is 0 Å². The standard InChI is InChI=1S/C22H20ClNO4S/c1-28-21-12-9-16(14-24-21)22(25)19(18-5-3-4-6-20(18)23)13-15-7-10-17(11-8-15)29(2,26)27/h3-12,14,19H,13H2,1-2H3. The first-order chi connectivity index (χ1) is 13.8. The van der Waals surface area contributed by atoms with Crippen LogP contribution in [0.2, 0.25) is 5.02 Å². The lowest BCUT2D eigenvalue weighted by atomic mass is 9.86. The topological polar surface area (TPSA) is 73.3 Å². The molecule has 1 unspecified atom stereocenters. The molecule has 5 nitrogen and oxygen atoms in total. The van der Waals surface area contributed by atoms with Gasteiger partial charge >= 0.3 is 0 Å². The predicted octanol–water partition coefficient (Wildman–Crippen LogP) is 4.36. The number of methoxy groups -OCH3 is 1. The number of benzene rings is 2. The number of ether oxygens (including phenoxy) is 1. The van der Waals surface area contributed by atoms with Crippen LogP contribution in [-0.2, 0) is 16.3 Å². The van der Waals surface area contributed by atoms with Crippen molar-refractivity contribution in [1.29, 1.82) is 0 Å². The van der Waals surface area contributed by atoms with Crippen LogP contribution in [0.4, 0.5) is 0 Å². The summed E-state index contributed by atoms with van der Waals surface area (Å²) in [7, 11) is -1.77. The maximum atomic E-state index is 13.3. The lowest BCUT2D eigenvalue weighted by Gasteiger charge is -2.18. The summed E-state index contributed by atoms with van der Waals surface area (Å²) >= 11 is 6.38. The second kappa shape index (κ2) is 8.76. The molecule has 29 heavy (non-hydrogen) atoms. The number of ketones is 1. The Labute approximate surface area is 175 Å². The number of aromatic nitrogens is 1. The van der Waals surface area contributed by atoms with Gasteiger partial charge in [0.15, 0.2) is 15.6 Å². The maximum Gasteiger partial charge on any atom is 0.212 e. The summed E-state index contributed by atoms with van der Waals surface area (Å²) < 4.78 is 28.4. The van der Waals surface area contributed by atoms with E-state index in [1.807, 2.05) is 18.2 Å². The molecule has 2 aromatic carbocycles. The third kappa shape index (κ3) is 5.02. The van der Waals surface area contributed by atoms with Crippen molar-refractivity contribution in [3.05, 3.63) is 88.6 Å². The van der Waals surface area contributed by atoms with E-state index in [1.54, 1.807) is 42.5 Å². The summed E-state index contributed by atoms with van der Waals surface area (Å²) in [6, 6.07) is 17.1. The van der Waals surface area contributed by atoms with Gasteiger partial charge in [-0.15, -0.1) is 0 Å². The highest BCUT2D eigenvalue weighted by atomic mass is 35.5. The monoisotopic (exact) mass is 429 g/mol. The SMILES string of the molecule is COc1ccc(C(=O)C(Cc2ccc(S(C)(=O)=O)cc2)c2ccccc2Cl)cn1. The van der Waals surface area contributed by atoms with Crippen molar-refractivity contribution in [1.82, 2.24) is 4.98 Å². The van der Waals surface area contributed by atoms with E-state index in [9.17, 15) is 13.2 Å². The van der Waals surface area contributed by atoms with Crippen LogP contribution in [0.1, 0.15) is 27.4 Å². The molecule has 1 aromatic heterocycles. The fourth-order valence-electron chi connectivity index (χ4n) is 3.06. The van der Waals surface area contributed by atoms with Gasteiger partial charge in [-0.3, -0.25) is 4.79 Å². The van der Waals surface area contributed by atoms with Crippen LogP contribution in [0.5, 0.6) is 5.88 Å².